The number of pyridine rings is 1. The van der Waals surface area contributed by atoms with Gasteiger partial charge in [-0.2, -0.15) is 13.2 Å². The summed E-state index contributed by atoms with van der Waals surface area (Å²) in [6, 6.07) is 2.12. The minimum atomic E-state index is -4.43. The van der Waals surface area contributed by atoms with Crippen LogP contribution >= 0.6 is 0 Å². The Bertz CT molecular complexity index is 604. The van der Waals surface area contributed by atoms with Crippen LogP contribution in [0.3, 0.4) is 0 Å². The lowest BCUT2D eigenvalue weighted by atomic mass is 10.1. The summed E-state index contributed by atoms with van der Waals surface area (Å²) in [6.45, 7) is 1.43. The number of carbonyl (C=O) groups is 1. The van der Waals surface area contributed by atoms with Crippen LogP contribution in [0.2, 0.25) is 0 Å². The summed E-state index contributed by atoms with van der Waals surface area (Å²) >= 11 is 0. The van der Waals surface area contributed by atoms with Gasteiger partial charge < -0.3 is 9.51 Å². The van der Waals surface area contributed by atoms with Crippen LogP contribution in [-0.4, -0.2) is 20.5 Å². The lowest BCUT2D eigenvalue weighted by molar-refractivity contribution is -0.139. The zero-order valence-electron chi connectivity index (χ0n) is 9.27. The average molecular weight is 258 g/mol. The first kappa shape index (κ1) is 12.4. The number of carboxylic acid groups (broad SMARTS) is 1. The van der Waals surface area contributed by atoms with Crippen molar-refractivity contribution in [3.8, 4) is 0 Å². The third-order valence-electron chi connectivity index (χ3n) is 2.61. The van der Waals surface area contributed by atoms with Crippen LogP contribution in [0.1, 0.15) is 24.1 Å². The molecule has 2 rings (SSSR count). The third kappa shape index (κ3) is 2.15. The number of rotatable bonds is 2. The van der Waals surface area contributed by atoms with E-state index in [2.05, 4.69) is 4.98 Å². The topological polar surface area (TPSA) is 54.6 Å². The lowest BCUT2D eigenvalue weighted by Crippen LogP contribution is -2.07. The second kappa shape index (κ2) is 4.01. The number of fused-ring (bicyclic) bond motifs is 1. The molecule has 0 amide bonds. The van der Waals surface area contributed by atoms with Gasteiger partial charge in [-0.05, 0) is 19.1 Å². The second-order valence-electron chi connectivity index (χ2n) is 3.91. The fraction of sp³-hybridized carbons (Fsp3) is 0.273. The van der Waals surface area contributed by atoms with Gasteiger partial charge in [0.2, 0.25) is 0 Å². The van der Waals surface area contributed by atoms with E-state index in [9.17, 15) is 18.0 Å². The van der Waals surface area contributed by atoms with Crippen LogP contribution in [-0.2, 0) is 11.0 Å². The van der Waals surface area contributed by atoms with E-state index < -0.39 is 23.6 Å². The molecule has 4 nitrogen and oxygen atoms in total. The van der Waals surface area contributed by atoms with Crippen LogP contribution in [0.5, 0.6) is 0 Å². The molecule has 0 aliphatic rings. The fourth-order valence-electron chi connectivity index (χ4n) is 1.51. The van der Waals surface area contributed by atoms with Crippen molar-refractivity contribution in [3.05, 3.63) is 35.8 Å². The van der Waals surface area contributed by atoms with Crippen LogP contribution in [0.15, 0.2) is 24.5 Å². The number of imidazole rings is 1. The van der Waals surface area contributed by atoms with E-state index in [1.165, 1.54) is 23.6 Å². The Kier molecular flexibility index (Phi) is 2.76. The van der Waals surface area contributed by atoms with Gasteiger partial charge in [-0.15, -0.1) is 0 Å². The number of nitrogens with zero attached hydrogens (tertiary/aromatic N) is 2. The maximum atomic E-state index is 12.5. The monoisotopic (exact) mass is 258 g/mol. The van der Waals surface area contributed by atoms with Gasteiger partial charge in [0, 0.05) is 12.4 Å². The van der Waals surface area contributed by atoms with E-state index in [0.29, 0.717) is 0 Å². The van der Waals surface area contributed by atoms with Gasteiger partial charge in [0.05, 0.1) is 17.2 Å². The van der Waals surface area contributed by atoms with Crippen molar-refractivity contribution in [2.45, 2.75) is 19.0 Å². The van der Waals surface area contributed by atoms with E-state index in [4.69, 9.17) is 5.11 Å². The summed E-state index contributed by atoms with van der Waals surface area (Å²) in [5.74, 6) is -1.94. The third-order valence-corrected chi connectivity index (χ3v) is 2.61. The highest BCUT2D eigenvalue weighted by Crippen LogP contribution is 2.29. The number of carboxylic acids is 1. The second-order valence-corrected chi connectivity index (χ2v) is 3.91. The van der Waals surface area contributed by atoms with Crippen molar-refractivity contribution in [2.75, 3.05) is 0 Å². The zero-order valence-corrected chi connectivity index (χ0v) is 9.27. The molecule has 0 aliphatic heterocycles. The Balaban J connectivity index is 2.49. The molecule has 2 heterocycles. The van der Waals surface area contributed by atoms with Gasteiger partial charge in [0.25, 0.3) is 0 Å². The average Bonchev–Trinajstić information content (AvgIpc) is 2.68. The van der Waals surface area contributed by atoms with Crippen molar-refractivity contribution >= 4 is 11.6 Å². The summed E-state index contributed by atoms with van der Waals surface area (Å²) in [7, 11) is 0. The van der Waals surface area contributed by atoms with Gasteiger partial charge >= 0.3 is 12.1 Å². The highest BCUT2D eigenvalue weighted by molar-refractivity contribution is 5.75. The molecule has 0 aromatic carbocycles. The number of alkyl halides is 3. The molecule has 1 atom stereocenters. The first-order valence-corrected chi connectivity index (χ1v) is 5.07. The van der Waals surface area contributed by atoms with Gasteiger partial charge in [0.15, 0.2) is 0 Å². The summed E-state index contributed by atoms with van der Waals surface area (Å²) in [5, 5.41) is 8.82. The predicted octanol–water partition coefficient (Wildman–Crippen LogP) is 2.54. The Morgan fingerprint density at radius 3 is 2.61 bits per heavy atom. The quantitative estimate of drug-likeness (QED) is 0.900. The SMILES string of the molecule is C[C@@H](C(=O)O)c1cn2cc(C(F)(F)F)ccc2n1. The lowest BCUT2D eigenvalue weighted by Gasteiger charge is -2.05. The van der Waals surface area contributed by atoms with Crippen LogP contribution in [0.25, 0.3) is 5.65 Å². The van der Waals surface area contributed by atoms with E-state index in [1.54, 1.807) is 0 Å². The van der Waals surface area contributed by atoms with Crippen molar-refractivity contribution in [1.29, 1.82) is 0 Å². The number of halogens is 3. The largest absolute Gasteiger partial charge is 0.481 e. The van der Waals surface area contributed by atoms with Crippen molar-refractivity contribution < 1.29 is 23.1 Å². The Morgan fingerprint density at radius 1 is 1.39 bits per heavy atom. The van der Waals surface area contributed by atoms with E-state index >= 15 is 0 Å². The van der Waals surface area contributed by atoms with Crippen LogP contribution in [0.4, 0.5) is 13.2 Å². The molecule has 0 saturated heterocycles. The van der Waals surface area contributed by atoms with Crippen molar-refractivity contribution in [2.24, 2.45) is 0 Å². The molecule has 0 saturated carbocycles. The van der Waals surface area contributed by atoms with Crippen molar-refractivity contribution in [1.82, 2.24) is 9.38 Å². The highest BCUT2D eigenvalue weighted by atomic mass is 19.4. The zero-order chi connectivity index (χ0) is 13.5. The molecule has 0 unspecified atom stereocenters. The van der Waals surface area contributed by atoms with Crippen molar-refractivity contribution in [3.63, 3.8) is 0 Å². The summed E-state index contributed by atoms with van der Waals surface area (Å²) in [4.78, 5) is 14.7. The molecule has 2 aromatic rings. The molecule has 96 valence electrons. The molecular formula is C11H9F3N2O2. The van der Waals surface area contributed by atoms with E-state index in [0.717, 1.165) is 12.3 Å². The molecule has 0 bridgehead atoms. The number of aromatic nitrogens is 2. The molecule has 0 spiro atoms. The molecule has 1 N–H and O–H groups in total. The Hall–Kier alpha value is -2.05. The maximum Gasteiger partial charge on any atom is 0.417 e. The Morgan fingerprint density at radius 2 is 2.06 bits per heavy atom. The fourth-order valence-corrected chi connectivity index (χ4v) is 1.51. The van der Waals surface area contributed by atoms with Crippen LogP contribution in [0, 0.1) is 0 Å². The maximum absolute atomic E-state index is 12.5. The van der Waals surface area contributed by atoms with Gasteiger partial charge in [-0.3, -0.25) is 4.79 Å². The molecule has 2 aromatic heterocycles. The highest BCUT2D eigenvalue weighted by Gasteiger charge is 2.31. The van der Waals surface area contributed by atoms with Gasteiger partial charge in [0.1, 0.15) is 5.65 Å². The number of hydrogen-bond donors (Lipinski definition) is 1. The number of hydrogen-bond acceptors (Lipinski definition) is 2. The van der Waals surface area contributed by atoms with Gasteiger partial charge in [-0.25, -0.2) is 4.98 Å². The normalized spacial score (nSPS) is 13.8. The first-order chi connectivity index (χ1) is 8.29. The standard InChI is InChI=1S/C11H9F3N2O2/c1-6(10(17)18)8-5-16-4-7(11(12,13)14)2-3-9(16)15-8/h2-6H,1H3,(H,17,18)/t6-/m1/s1. The predicted molar refractivity (Wildman–Crippen MR) is 56.2 cm³/mol. The minimum absolute atomic E-state index is 0.224. The summed E-state index contributed by atoms with van der Waals surface area (Å²) in [6.07, 6.45) is -2.25. The first-order valence-electron chi connectivity index (χ1n) is 5.07. The molecule has 18 heavy (non-hydrogen) atoms. The molecule has 0 radical (unpaired) electrons. The smallest absolute Gasteiger partial charge is 0.417 e. The minimum Gasteiger partial charge on any atom is -0.481 e. The summed E-state index contributed by atoms with van der Waals surface area (Å²) in [5.41, 5.74) is -0.296. The van der Waals surface area contributed by atoms with Gasteiger partial charge in [-0.1, -0.05) is 0 Å². The number of aliphatic carboxylic acids is 1. The summed E-state index contributed by atoms with van der Waals surface area (Å²) < 4.78 is 38.6. The molecule has 0 fully saturated rings. The van der Waals surface area contributed by atoms with E-state index in [1.807, 2.05) is 0 Å². The molecule has 7 heteroatoms. The molecule has 0 aliphatic carbocycles. The van der Waals surface area contributed by atoms with Crippen LogP contribution < -0.4 is 0 Å². The molecular weight excluding hydrogens is 249 g/mol. The van der Waals surface area contributed by atoms with E-state index in [-0.39, 0.29) is 11.3 Å². The Labute approximate surface area is 99.7 Å².